The van der Waals surface area contributed by atoms with Crippen LogP contribution in [0.4, 0.5) is 5.69 Å². The third kappa shape index (κ3) is 2.92. The SMILES string of the molecule is NC(=O)C(N)CCN1CCCOc2ccccc21. The molecule has 1 unspecified atom stereocenters. The molecule has 98 valence electrons. The first-order chi connectivity index (χ1) is 8.68. The monoisotopic (exact) mass is 249 g/mol. The average Bonchev–Trinajstić information content (AvgIpc) is 2.58. The van der Waals surface area contributed by atoms with Crippen molar-refractivity contribution >= 4 is 11.6 Å². The van der Waals surface area contributed by atoms with Crippen LogP contribution in [0.2, 0.25) is 0 Å². The van der Waals surface area contributed by atoms with Crippen molar-refractivity contribution in [2.75, 3.05) is 24.6 Å². The fourth-order valence-electron chi connectivity index (χ4n) is 2.07. The van der Waals surface area contributed by atoms with Gasteiger partial charge < -0.3 is 21.1 Å². The van der Waals surface area contributed by atoms with Gasteiger partial charge in [0.25, 0.3) is 0 Å². The number of hydrogen-bond donors (Lipinski definition) is 2. The molecule has 1 amide bonds. The van der Waals surface area contributed by atoms with Crippen LogP contribution in [0.3, 0.4) is 0 Å². The number of carbonyl (C=O) groups excluding carboxylic acids is 1. The first-order valence-corrected chi connectivity index (χ1v) is 6.20. The van der Waals surface area contributed by atoms with Gasteiger partial charge in [0, 0.05) is 13.1 Å². The first-order valence-electron chi connectivity index (χ1n) is 6.20. The highest BCUT2D eigenvalue weighted by Crippen LogP contribution is 2.30. The molecule has 1 aliphatic heterocycles. The highest BCUT2D eigenvalue weighted by atomic mass is 16.5. The van der Waals surface area contributed by atoms with E-state index in [1.807, 2.05) is 24.3 Å². The van der Waals surface area contributed by atoms with Crippen LogP contribution >= 0.6 is 0 Å². The molecule has 18 heavy (non-hydrogen) atoms. The Kier molecular flexibility index (Phi) is 4.04. The predicted octanol–water partition coefficient (Wildman–Crippen LogP) is 0.478. The molecule has 0 saturated carbocycles. The van der Waals surface area contributed by atoms with Crippen LogP contribution in [-0.2, 0) is 4.79 Å². The van der Waals surface area contributed by atoms with E-state index in [1.165, 1.54) is 0 Å². The number of anilines is 1. The third-order valence-electron chi connectivity index (χ3n) is 3.11. The smallest absolute Gasteiger partial charge is 0.234 e. The second-order valence-electron chi connectivity index (χ2n) is 4.45. The molecule has 1 aliphatic rings. The maximum atomic E-state index is 10.9. The summed E-state index contributed by atoms with van der Waals surface area (Å²) in [4.78, 5) is 13.1. The zero-order valence-electron chi connectivity index (χ0n) is 10.3. The lowest BCUT2D eigenvalue weighted by Crippen LogP contribution is -2.39. The van der Waals surface area contributed by atoms with Crippen LogP contribution in [0.15, 0.2) is 24.3 Å². The summed E-state index contributed by atoms with van der Waals surface area (Å²) in [6.07, 6.45) is 1.52. The molecule has 2 rings (SSSR count). The number of benzene rings is 1. The van der Waals surface area contributed by atoms with Crippen molar-refractivity contribution in [1.29, 1.82) is 0 Å². The number of ether oxygens (including phenoxy) is 1. The molecule has 1 heterocycles. The minimum absolute atomic E-state index is 0.450. The molecular weight excluding hydrogens is 230 g/mol. The van der Waals surface area contributed by atoms with Gasteiger partial charge in [-0.15, -0.1) is 0 Å². The molecule has 1 aromatic rings. The largest absolute Gasteiger partial charge is 0.491 e. The number of carbonyl (C=O) groups is 1. The normalized spacial score (nSPS) is 16.4. The van der Waals surface area contributed by atoms with Gasteiger partial charge in [0.2, 0.25) is 5.91 Å². The van der Waals surface area contributed by atoms with Crippen molar-refractivity contribution in [3.8, 4) is 5.75 Å². The third-order valence-corrected chi connectivity index (χ3v) is 3.11. The number of rotatable bonds is 4. The molecule has 1 aromatic carbocycles. The van der Waals surface area contributed by atoms with E-state index in [-0.39, 0.29) is 0 Å². The Labute approximate surface area is 107 Å². The van der Waals surface area contributed by atoms with Gasteiger partial charge in [0.1, 0.15) is 5.75 Å². The summed E-state index contributed by atoms with van der Waals surface area (Å²) in [6, 6.07) is 7.34. The van der Waals surface area contributed by atoms with E-state index < -0.39 is 11.9 Å². The van der Waals surface area contributed by atoms with E-state index in [9.17, 15) is 4.79 Å². The van der Waals surface area contributed by atoms with E-state index in [4.69, 9.17) is 16.2 Å². The summed E-state index contributed by atoms with van der Waals surface area (Å²) < 4.78 is 5.67. The van der Waals surface area contributed by atoms with E-state index in [0.29, 0.717) is 13.0 Å². The highest BCUT2D eigenvalue weighted by Gasteiger charge is 2.17. The Morgan fingerprint density at radius 1 is 1.44 bits per heavy atom. The lowest BCUT2D eigenvalue weighted by molar-refractivity contribution is -0.119. The Bertz CT molecular complexity index is 422. The highest BCUT2D eigenvalue weighted by molar-refractivity contribution is 5.79. The van der Waals surface area contributed by atoms with E-state index in [2.05, 4.69) is 4.90 Å². The molecule has 0 saturated heterocycles. The van der Waals surface area contributed by atoms with E-state index in [1.54, 1.807) is 0 Å². The second kappa shape index (κ2) is 5.73. The number of para-hydroxylation sites is 2. The van der Waals surface area contributed by atoms with Gasteiger partial charge in [-0.1, -0.05) is 12.1 Å². The summed E-state index contributed by atoms with van der Waals surface area (Å²) in [5, 5.41) is 0. The van der Waals surface area contributed by atoms with Crippen LogP contribution in [0, 0.1) is 0 Å². The number of nitrogens with two attached hydrogens (primary N) is 2. The summed E-state index contributed by atoms with van der Waals surface area (Å²) in [7, 11) is 0. The molecule has 0 radical (unpaired) electrons. The van der Waals surface area contributed by atoms with Crippen molar-refractivity contribution in [2.24, 2.45) is 11.5 Å². The molecular formula is C13H19N3O2. The molecule has 1 atom stereocenters. The number of fused-ring (bicyclic) bond motifs is 1. The standard InChI is InChI=1S/C13H19N3O2/c14-10(13(15)17)6-8-16-7-3-9-18-12-5-2-1-4-11(12)16/h1-2,4-5,10H,3,6-9,14H2,(H2,15,17). The summed E-state index contributed by atoms with van der Waals surface area (Å²) in [5.74, 6) is 0.442. The van der Waals surface area contributed by atoms with Crippen molar-refractivity contribution < 1.29 is 9.53 Å². The Morgan fingerprint density at radius 3 is 3.00 bits per heavy atom. The van der Waals surface area contributed by atoms with Crippen molar-refractivity contribution in [2.45, 2.75) is 18.9 Å². The van der Waals surface area contributed by atoms with Crippen LogP contribution in [-0.4, -0.2) is 31.6 Å². The summed E-state index contributed by atoms with van der Waals surface area (Å²) in [5.41, 5.74) is 11.9. The molecule has 0 aliphatic carbocycles. The van der Waals surface area contributed by atoms with E-state index in [0.717, 1.165) is 31.0 Å². The number of nitrogens with zero attached hydrogens (tertiary/aromatic N) is 1. The zero-order chi connectivity index (χ0) is 13.0. The van der Waals surface area contributed by atoms with Gasteiger partial charge >= 0.3 is 0 Å². The minimum Gasteiger partial charge on any atom is -0.491 e. The van der Waals surface area contributed by atoms with Gasteiger partial charge in [-0.25, -0.2) is 0 Å². The molecule has 5 nitrogen and oxygen atoms in total. The van der Waals surface area contributed by atoms with Crippen molar-refractivity contribution in [1.82, 2.24) is 0 Å². The molecule has 0 fully saturated rings. The lowest BCUT2D eigenvalue weighted by atomic mass is 10.2. The quantitative estimate of drug-likeness (QED) is 0.813. The predicted molar refractivity (Wildman–Crippen MR) is 70.6 cm³/mol. The van der Waals surface area contributed by atoms with E-state index >= 15 is 0 Å². The van der Waals surface area contributed by atoms with Gasteiger partial charge in [-0.2, -0.15) is 0 Å². The second-order valence-corrected chi connectivity index (χ2v) is 4.45. The molecule has 0 bridgehead atoms. The maximum Gasteiger partial charge on any atom is 0.234 e. The Hall–Kier alpha value is -1.75. The van der Waals surface area contributed by atoms with Gasteiger partial charge in [0.15, 0.2) is 0 Å². The zero-order valence-corrected chi connectivity index (χ0v) is 10.3. The molecule has 0 aromatic heterocycles. The topological polar surface area (TPSA) is 81.6 Å². The first kappa shape index (κ1) is 12.7. The number of hydrogen-bond acceptors (Lipinski definition) is 4. The van der Waals surface area contributed by atoms with Crippen LogP contribution in [0.25, 0.3) is 0 Å². The fraction of sp³-hybridized carbons (Fsp3) is 0.462. The number of amides is 1. The Morgan fingerprint density at radius 2 is 2.22 bits per heavy atom. The van der Waals surface area contributed by atoms with Crippen molar-refractivity contribution in [3.05, 3.63) is 24.3 Å². The minimum atomic E-state index is -0.582. The molecule has 0 spiro atoms. The van der Waals surface area contributed by atoms with Gasteiger partial charge in [-0.3, -0.25) is 4.79 Å². The molecule has 4 N–H and O–H groups in total. The summed E-state index contributed by atoms with van der Waals surface area (Å²) in [6.45, 7) is 2.34. The van der Waals surface area contributed by atoms with Crippen LogP contribution in [0.5, 0.6) is 5.75 Å². The lowest BCUT2D eigenvalue weighted by Gasteiger charge is -2.24. The number of primary amides is 1. The van der Waals surface area contributed by atoms with Crippen LogP contribution in [0.1, 0.15) is 12.8 Å². The van der Waals surface area contributed by atoms with Gasteiger partial charge in [0.05, 0.1) is 18.3 Å². The van der Waals surface area contributed by atoms with Crippen LogP contribution < -0.4 is 21.1 Å². The fourth-order valence-corrected chi connectivity index (χ4v) is 2.07. The average molecular weight is 249 g/mol. The van der Waals surface area contributed by atoms with Gasteiger partial charge in [-0.05, 0) is 25.0 Å². The van der Waals surface area contributed by atoms with Crippen molar-refractivity contribution in [3.63, 3.8) is 0 Å². The molecule has 5 heteroatoms. The Balaban J connectivity index is 2.06. The summed E-state index contributed by atoms with van der Waals surface area (Å²) >= 11 is 0. The maximum absolute atomic E-state index is 10.9.